The van der Waals surface area contributed by atoms with Gasteiger partial charge in [0.1, 0.15) is 0 Å². The number of hydrogen-bond acceptors (Lipinski definition) is 3. The van der Waals surface area contributed by atoms with Crippen LogP contribution >= 0.6 is 15.9 Å². The molecule has 1 amide bonds. The first-order valence-electron chi connectivity index (χ1n) is 7.48. The molecule has 0 aliphatic heterocycles. The van der Waals surface area contributed by atoms with Crippen LogP contribution in [0.1, 0.15) is 41.6 Å². The topological polar surface area (TPSA) is 64.3 Å². The molecule has 1 aliphatic carbocycles. The summed E-state index contributed by atoms with van der Waals surface area (Å²) in [5.41, 5.74) is 7.60. The summed E-state index contributed by atoms with van der Waals surface area (Å²) in [6.07, 6.45) is 4.43. The van der Waals surface area contributed by atoms with Crippen LogP contribution < -0.4 is 11.1 Å². The van der Waals surface area contributed by atoms with Crippen molar-refractivity contribution in [3.63, 3.8) is 0 Å². The van der Waals surface area contributed by atoms with Gasteiger partial charge in [-0.2, -0.15) is 0 Å². The Morgan fingerprint density at radius 3 is 2.76 bits per heavy atom. The normalized spacial score (nSPS) is 22.0. The summed E-state index contributed by atoms with van der Waals surface area (Å²) in [7, 11) is 0. The second-order valence-electron chi connectivity index (χ2n) is 5.63. The zero-order chi connectivity index (χ0) is 15.2. The summed E-state index contributed by atoms with van der Waals surface area (Å²) < 4.78 is 6.79. The zero-order valence-electron chi connectivity index (χ0n) is 12.4. The van der Waals surface area contributed by atoms with Gasteiger partial charge in [0, 0.05) is 22.6 Å². The molecule has 0 saturated heterocycles. The van der Waals surface area contributed by atoms with Crippen LogP contribution in [0.2, 0.25) is 0 Å². The van der Waals surface area contributed by atoms with Crippen molar-refractivity contribution in [2.24, 2.45) is 5.73 Å². The lowest BCUT2D eigenvalue weighted by molar-refractivity contribution is 0.0267. The largest absolute Gasteiger partial charge is 0.376 e. The summed E-state index contributed by atoms with van der Waals surface area (Å²) in [5.74, 6) is -0.0557. The van der Waals surface area contributed by atoms with Crippen LogP contribution in [0.25, 0.3) is 0 Å². The molecule has 0 radical (unpaired) electrons. The van der Waals surface area contributed by atoms with Crippen molar-refractivity contribution in [2.75, 3.05) is 13.2 Å². The molecule has 0 spiro atoms. The molecule has 0 bridgehead atoms. The molecule has 116 valence electrons. The monoisotopic (exact) mass is 354 g/mol. The van der Waals surface area contributed by atoms with E-state index < -0.39 is 0 Å². The summed E-state index contributed by atoms with van der Waals surface area (Å²) in [5, 5.41) is 2.89. The number of carbonyl (C=O) groups excluding carboxylic acids is 1. The highest BCUT2D eigenvalue weighted by Crippen LogP contribution is 2.19. The second kappa shape index (κ2) is 7.92. The van der Waals surface area contributed by atoms with Crippen LogP contribution in [0, 0.1) is 6.92 Å². The predicted molar refractivity (Wildman–Crippen MR) is 87.4 cm³/mol. The molecule has 2 rings (SSSR count). The summed E-state index contributed by atoms with van der Waals surface area (Å²) in [4.78, 5) is 12.0. The van der Waals surface area contributed by atoms with Gasteiger partial charge in [0.2, 0.25) is 0 Å². The van der Waals surface area contributed by atoms with Crippen molar-refractivity contribution in [1.29, 1.82) is 0 Å². The van der Waals surface area contributed by atoms with E-state index in [0.717, 1.165) is 35.7 Å². The molecular weight excluding hydrogens is 332 g/mol. The van der Waals surface area contributed by atoms with Crippen LogP contribution in [0.5, 0.6) is 0 Å². The average Bonchev–Trinajstić information content (AvgIpc) is 2.48. The Kier molecular flexibility index (Phi) is 6.21. The van der Waals surface area contributed by atoms with Crippen molar-refractivity contribution >= 4 is 21.8 Å². The van der Waals surface area contributed by atoms with Crippen molar-refractivity contribution in [2.45, 2.75) is 44.8 Å². The number of nitrogens with one attached hydrogen (secondary N) is 1. The molecule has 1 saturated carbocycles. The second-order valence-corrected chi connectivity index (χ2v) is 6.48. The summed E-state index contributed by atoms with van der Waals surface area (Å²) in [6, 6.07) is 5.93. The highest BCUT2D eigenvalue weighted by Gasteiger charge is 2.18. The summed E-state index contributed by atoms with van der Waals surface area (Å²) in [6.45, 7) is 3.06. The maximum atomic E-state index is 12.0. The Balaban J connectivity index is 1.68. The maximum absolute atomic E-state index is 12.0. The highest BCUT2D eigenvalue weighted by molar-refractivity contribution is 9.10. The van der Waals surface area contributed by atoms with E-state index in [1.807, 2.05) is 25.1 Å². The van der Waals surface area contributed by atoms with Gasteiger partial charge < -0.3 is 15.8 Å². The smallest absolute Gasteiger partial charge is 0.251 e. The third-order valence-electron chi connectivity index (χ3n) is 3.88. The van der Waals surface area contributed by atoms with Gasteiger partial charge in [-0.05, 0) is 56.4 Å². The van der Waals surface area contributed by atoms with E-state index in [1.54, 1.807) is 0 Å². The van der Waals surface area contributed by atoms with E-state index in [0.29, 0.717) is 30.9 Å². The molecule has 1 fully saturated rings. The number of halogens is 1. The molecule has 1 aromatic carbocycles. The van der Waals surface area contributed by atoms with Gasteiger partial charge in [-0.25, -0.2) is 0 Å². The van der Waals surface area contributed by atoms with E-state index in [2.05, 4.69) is 21.2 Å². The third kappa shape index (κ3) is 5.09. The van der Waals surface area contributed by atoms with Crippen molar-refractivity contribution in [3.05, 3.63) is 33.8 Å². The molecule has 3 N–H and O–H groups in total. The van der Waals surface area contributed by atoms with Crippen molar-refractivity contribution in [1.82, 2.24) is 5.32 Å². The van der Waals surface area contributed by atoms with Gasteiger partial charge in [0.15, 0.2) is 0 Å². The Hall–Kier alpha value is -0.910. The lowest BCUT2D eigenvalue weighted by Gasteiger charge is -2.26. The van der Waals surface area contributed by atoms with Crippen LogP contribution in [-0.4, -0.2) is 31.2 Å². The SMILES string of the molecule is Cc1cc(C(=O)NCCOC2CCC(N)CC2)ccc1Br. The van der Waals surface area contributed by atoms with Crippen molar-refractivity contribution < 1.29 is 9.53 Å². The fourth-order valence-electron chi connectivity index (χ4n) is 2.53. The highest BCUT2D eigenvalue weighted by atomic mass is 79.9. The molecule has 1 aliphatic rings. The van der Waals surface area contributed by atoms with Gasteiger partial charge in [-0.3, -0.25) is 4.79 Å². The molecular formula is C16H23BrN2O2. The van der Waals surface area contributed by atoms with Gasteiger partial charge in [0.05, 0.1) is 12.7 Å². The average molecular weight is 355 g/mol. The lowest BCUT2D eigenvalue weighted by atomic mass is 9.94. The van der Waals surface area contributed by atoms with Crippen LogP contribution in [-0.2, 0) is 4.74 Å². The first kappa shape index (κ1) is 16.5. The predicted octanol–water partition coefficient (Wildman–Crippen LogP) is 2.77. The van der Waals surface area contributed by atoms with E-state index in [9.17, 15) is 4.79 Å². The number of rotatable bonds is 5. The fourth-order valence-corrected chi connectivity index (χ4v) is 2.78. The van der Waals surface area contributed by atoms with E-state index >= 15 is 0 Å². The van der Waals surface area contributed by atoms with Crippen LogP contribution in [0.3, 0.4) is 0 Å². The number of amides is 1. The lowest BCUT2D eigenvalue weighted by Crippen LogP contribution is -2.33. The molecule has 21 heavy (non-hydrogen) atoms. The zero-order valence-corrected chi connectivity index (χ0v) is 14.0. The Morgan fingerprint density at radius 1 is 1.38 bits per heavy atom. The number of ether oxygens (including phenoxy) is 1. The number of benzene rings is 1. The standard InChI is InChI=1S/C16H23BrN2O2/c1-11-10-12(2-7-15(11)17)16(20)19-8-9-21-14-5-3-13(18)4-6-14/h2,7,10,13-14H,3-6,8-9,18H2,1H3,(H,19,20). The van der Waals surface area contributed by atoms with Gasteiger partial charge >= 0.3 is 0 Å². The van der Waals surface area contributed by atoms with E-state index in [-0.39, 0.29) is 5.91 Å². The van der Waals surface area contributed by atoms with Crippen LogP contribution in [0.4, 0.5) is 0 Å². The minimum absolute atomic E-state index is 0.0557. The fraction of sp³-hybridized carbons (Fsp3) is 0.562. The number of hydrogen-bond donors (Lipinski definition) is 2. The minimum atomic E-state index is -0.0557. The Bertz CT molecular complexity index is 485. The summed E-state index contributed by atoms with van der Waals surface area (Å²) >= 11 is 3.43. The quantitative estimate of drug-likeness (QED) is 0.799. The number of nitrogens with two attached hydrogens (primary N) is 1. The first-order valence-corrected chi connectivity index (χ1v) is 8.27. The van der Waals surface area contributed by atoms with Gasteiger partial charge in [0.25, 0.3) is 5.91 Å². The molecule has 0 unspecified atom stereocenters. The van der Waals surface area contributed by atoms with E-state index in [4.69, 9.17) is 10.5 Å². The van der Waals surface area contributed by atoms with Gasteiger partial charge in [-0.1, -0.05) is 15.9 Å². The third-order valence-corrected chi connectivity index (χ3v) is 4.77. The molecule has 5 heteroatoms. The van der Waals surface area contributed by atoms with Gasteiger partial charge in [-0.15, -0.1) is 0 Å². The first-order chi connectivity index (χ1) is 10.1. The maximum Gasteiger partial charge on any atom is 0.251 e. The molecule has 1 aromatic rings. The molecule has 0 aromatic heterocycles. The molecule has 0 heterocycles. The van der Waals surface area contributed by atoms with E-state index in [1.165, 1.54) is 0 Å². The number of carbonyl (C=O) groups is 1. The molecule has 4 nitrogen and oxygen atoms in total. The Morgan fingerprint density at radius 2 is 2.10 bits per heavy atom. The van der Waals surface area contributed by atoms with Crippen LogP contribution in [0.15, 0.2) is 22.7 Å². The van der Waals surface area contributed by atoms with Crippen molar-refractivity contribution in [3.8, 4) is 0 Å². The number of aryl methyl sites for hydroxylation is 1. The Labute approximate surface area is 134 Å². The molecule has 0 atom stereocenters. The minimum Gasteiger partial charge on any atom is -0.376 e.